The fourth-order valence-corrected chi connectivity index (χ4v) is 5.68. The van der Waals surface area contributed by atoms with Gasteiger partial charge in [0, 0.05) is 19.1 Å². The van der Waals surface area contributed by atoms with Gasteiger partial charge >= 0.3 is 12.1 Å². The minimum absolute atomic E-state index is 0.134. The molecule has 3 aliphatic heterocycles. The SMILES string of the molecule is CCN1C(=O)[C@H]2[C@@H](c3ccc(OC)cc3)N[C@]3(CCCN(Cc4ccco4)C3=O)[C@H]2C1=O.O=C(O)C(F)(F)F. The number of rotatable bonds is 5. The van der Waals surface area contributed by atoms with Crippen LogP contribution in [0.2, 0.25) is 0 Å². The number of halogens is 3. The number of hydrogen-bond acceptors (Lipinski definition) is 7. The van der Waals surface area contributed by atoms with Crippen LogP contribution in [0.4, 0.5) is 13.2 Å². The minimum Gasteiger partial charge on any atom is -0.497 e. The summed E-state index contributed by atoms with van der Waals surface area (Å²) >= 11 is 0. The number of carboxylic acid groups (broad SMARTS) is 1. The average Bonchev–Trinajstić information content (AvgIpc) is 3.59. The number of carbonyl (C=O) groups excluding carboxylic acids is 3. The molecule has 39 heavy (non-hydrogen) atoms. The topological polar surface area (TPSA) is 129 Å². The van der Waals surface area contributed by atoms with Crippen LogP contribution in [0.1, 0.15) is 37.1 Å². The van der Waals surface area contributed by atoms with Crippen LogP contribution < -0.4 is 10.1 Å². The van der Waals surface area contributed by atoms with Crippen molar-refractivity contribution in [2.75, 3.05) is 20.2 Å². The van der Waals surface area contributed by atoms with Gasteiger partial charge in [-0.2, -0.15) is 13.2 Å². The lowest BCUT2D eigenvalue weighted by Crippen LogP contribution is -2.63. The number of methoxy groups -OCH3 is 1. The number of ether oxygens (including phenoxy) is 1. The molecule has 1 aromatic carbocycles. The van der Waals surface area contributed by atoms with Crippen molar-refractivity contribution in [1.82, 2.24) is 15.1 Å². The number of likely N-dealkylation sites (tertiary alicyclic amines) is 2. The molecule has 2 N–H and O–H groups in total. The van der Waals surface area contributed by atoms with Gasteiger partial charge in [-0.3, -0.25) is 24.6 Å². The standard InChI is InChI=1S/C24H27N3O5.C2HF3O2/c1-3-27-21(28)18-19(22(27)29)24(25-20(18)15-7-9-16(31-2)10-8-15)11-5-12-26(23(24)30)14-17-6-4-13-32-17;3-2(4,5)1(6)7/h4,6-10,13,18-20,25H,3,5,11-12,14H2,1-2H3;(H,6,7)/t18-,19-,20-,24-;/m1./s1. The summed E-state index contributed by atoms with van der Waals surface area (Å²) in [6, 6.07) is 10.7. The van der Waals surface area contributed by atoms with Gasteiger partial charge in [-0.05, 0) is 49.6 Å². The average molecular weight is 552 g/mol. The van der Waals surface area contributed by atoms with Crippen LogP contribution in [0.25, 0.3) is 0 Å². The molecule has 0 radical (unpaired) electrons. The number of imide groups is 1. The Balaban J connectivity index is 0.000000448. The molecule has 3 aliphatic rings. The molecule has 0 aliphatic carbocycles. The lowest BCUT2D eigenvalue weighted by Gasteiger charge is -2.42. The van der Waals surface area contributed by atoms with Crippen LogP contribution in [0.15, 0.2) is 47.1 Å². The van der Waals surface area contributed by atoms with E-state index in [-0.39, 0.29) is 17.7 Å². The number of carbonyl (C=O) groups is 4. The Labute approximate surface area is 221 Å². The van der Waals surface area contributed by atoms with Gasteiger partial charge in [0.15, 0.2) is 0 Å². The first-order chi connectivity index (χ1) is 18.4. The zero-order valence-corrected chi connectivity index (χ0v) is 21.2. The Kier molecular flexibility index (Phi) is 7.73. The maximum atomic E-state index is 13.9. The molecule has 1 spiro atoms. The Bertz CT molecular complexity index is 1230. The van der Waals surface area contributed by atoms with Crippen molar-refractivity contribution in [3.8, 4) is 5.75 Å². The third-order valence-electron chi connectivity index (χ3n) is 7.37. The molecular weight excluding hydrogens is 523 g/mol. The summed E-state index contributed by atoms with van der Waals surface area (Å²) < 4.78 is 42.5. The summed E-state index contributed by atoms with van der Waals surface area (Å²) in [5.74, 6) is -3.26. The van der Waals surface area contributed by atoms with Crippen LogP contribution in [0, 0.1) is 11.8 Å². The molecule has 4 atom stereocenters. The summed E-state index contributed by atoms with van der Waals surface area (Å²) in [5.41, 5.74) is -0.232. The molecular formula is C26H28F3N3O7. The summed E-state index contributed by atoms with van der Waals surface area (Å²) in [6.07, 6.45) is -2.24. The highest BCUT2D eigenvalue weighted by Crippen LogP contribution is 2.52. The van der Waals surface area contributed by atoms with E-state index in [4.69, 9.17) is 19.1 Å². The van der Waals surface area contributed by atoms with Crippen LogP contribution in [-0.2, 0) is 25.7 Å². The third kappa shape index (κ3) is 5.10. The fraction of sp³-hybridized carbons (Fsp3) is 0.462. The number of furan rings is 1. The van der Waals surface area contributed by atoms with Crippen molar-refractivity contribution in [2.24, 2.45) is 11.8 Å². The van der Waals surface area contributed by atoms with E-state index in [2.05, 4.69) is 5.32 Å². The fourth-order valence-electron chi connectivity index (χ4n) is 5.68. The zero-order valence-electron chi connectivity index (χ0n) is 21.2. The largest absolute Gasteiger partial charge is 0.497 e. The number of amides is 3. The first-order valence-corrected chi connectivity index (χ1v) is 12.3. The third-order valence-corrected chi connectivity index (χ3v) is 7.37. The van der Waals surface area contributed by atoms with Crippen molar-refractivity contribution >= 4 is 23.7 Å². The Morgan fingerprint density at radius 1 is 1.18 bits per heavy atom. The minimum atomic E-state index is -5.08. The van der Waals surface area contributed by atoms with E-state index in [0.717, 1.165) is 12.0 Å². The van der Waals surface area contributed by atoms with Gasteiger partial charge in [0.2, 0.25) is 17.7 Å². The lowest BCUT2D eigenvalue weighted by molar-refractivity contribution is -0.192. The van der Waals surface area contributed by atoms with Crippen LogP contribution in [0.3, 0.4) is 0 Å². The van der Waals surface area contributed by atoms with Gasteiger partial charge in [0.1, 0.15) is 17.0 Å². The highest BCUT2D eigenvalue weighted by molar-refractivity contribution is 6.10. The molecule has 3 fully saturated rings. The predicted octanol–water partition coefficient (Wildman–Crippen LogP) is 2.75. The molecule has 2 aromatic rings. The van der Waals surface area contributed by atoms with Gasteiger partial charge in [-0.15, -0.1) is 0 Å². The van der Waals surface area contributed by atoms with E-state index in [1.807, 2.05) is 30.3 Å². The first-order valence-electron chi connectivity index (χ1n) is 12.3. The molecule has 0 unspecified atom stereocenters. The molecule has 0 saturated carbocycles. The van der Waals surface area contributed by atoms with Gasteiger partial charge < -0.3 is 19.2 Å². The summed E-state index contributed by atoms with van der Waals surface area (Å²) in [6.45, 7) is 3.04. The summed E-state index contributed by atoms with van der Waals surface area (Å²) in [7, 11) is 1.60. The normalized spacial score (nSPS) is 26.5. The molecule has 4 heterocycles. The number of piperidine rings is 1. The Morgan fingerprint density at radius 2 is 1.85 bits per heavy atom. The Morgan fingerprint density at radius 3 is 2.38 bits per heavy atom. The maximum Gasteiger partial charge on any atom is 0.490 e. The summed E-state index contributed by atoms with van der Waals surface area (Å²) in [5, 5.41) is 10.6. The molecule has 210 valence electrons. The van der Waals surface area contributed by atoms with Crippen molar-refractivity contribution in [2.45, 2.75) is 44.1 Å². The molecule has 3 amide bonds. The second-order valence-electron chi connectivity index (χ2n) is 9.50. The van der Waals surface area contributed by atoms with Gasteiger partial charge in [0.05, 0.1) is 31.8 Å². The van der Waals surface area contributed by atoms with Crippen molar-refractivity contribution in [1.29, 1.82) is 0 Å². The number of nitrogens with zero attached hydrogens (tertiary/aromatic N) is 2. The monoisotopic (exact) mass is 551 g/mol. The molecule has 3 saturated heterocycles. The summed E-state index contributed by atoms with van der Waals surface area (Å²) in [4.78, 5) is 52.5. The van der Waals surface area contributed by atoms with Crippen LogP contribution in [-0.4, -0.2) is 70.5 Å². The maximum absolute atomic E-state index is 13.9. The number of hydrogen-bond donors (Lipinski definition) is 2. The van der Waals surface area contributed by atoms with Gasteiger partial charge in [-0.25, -0.2) is 4.79 Å². The number of alkyl halides is 3. The van der Waals surface area contributed by atoms with E-state index < -0.39 is 35.6 Å². The molecule has 5 rings (SSSR count). The lowest BCUT2D eigenvalue weighted by atomic mass is 9.74. The highest BCUT2D eigenvalue weighted by atomic mass is 19.4. The highest BCUT2D eigenvalue weighted by Gasteiger charge is 2.68. The number of fused-ring (bicyclic) bond motifs is 2. The molecule has 13 heteroatoms. The van der Waals surface area contributed by atoms with Crippen molar-refractivity contribution in [3.05, 3.63) is 54.0 Å². The van der Waals surface area contributed by atoms with Crippen LogP contribution in [0.5, 0.6) is 5.75 Å². The van der Waals surface area contributed by atoms with E-state index in [9.17, 15) is 27.6 Å². The second kappa shape index (κ2) is 10.7. The van der Waals surface area contributed by atoms with Crippen molar-refractivity contribution in [3.63, 3.8) is 0 Å². The zero-order chi connectivity index (χ0) is 28.5. The van der Waals surface area contributed by atoms with E-state index >= 15 is 0 Å². The second-order valence-corrected chi connectivity index (χ2v) is 9.50. The molecule has 1 aromatic heterocycles. The number of benzene rings is 1. The van der Waals surface area contributed by atoms with Gasteiger partial charge in [0.25, 0.3) is 0 Å². The smallest absolute Gasteiger partial charge is 0.490 e. The first kappa shape index (κ1) is 28.1. The van der Waals surface area contributed by atoms with E-state index in [1.54, 1.807) is 31.3 Å². The number of aliphatic carboxylic acids is 1. The van der Waals surface area contributed by atoms with Gasteiger partial charge in [-0.1, -0.05) is 12.1 Å². The van der Waals surface area contributed by atoms with E-state index in [1.165, 1.54) is 4.90 Å². The predicted molar refractivity (Wildman–Crippen MR) is 128 cm³/mol. The van der Waals surface area contributed by atoms with E-state index in [0.29, 0.717) is 37.6 Å². The number of carboxylic acids is 1. The quantitative estimate of drug-likeness (QED) is 0.543. The number of nitrogens with one attached hydrogen (secondary N) is 1. The molecule has 0 bridgehead atoms. The van der Waals surface area contributed by atoms with Crippen molar-refractivity contribution < 1.29 is 46.6 Å². The Hall–Kier alpha value is -3.87. The molecule has 10 nitrogen and oxygen atoms in total. The van der Waals surface area contributed by atoms with Crippen LogP contribution >= 0.6 is 0 Å².